The molecule has 0 atom stereocenters. The van der Waals surface area contributed by atoms with Gasteiger partial charge in [-0.05, 0) is 43.9 Å². The molecule has 0 saturated heterocycles. The number of amides is 1. The van der Waals surface area contributed by atoms with Crippen molar-refractivity contribution in [3.05, 3.63) is 52.0 Å². The van der Waals surface area contributed by atoms with Crippen LogP contribution in [0.25, 0.3) is 20.3 Å². The summed E-state index contributed by atoms with van der Waals surface area (Å²) in [6.07, 6.45) is 1.57. The minimum atomic E-state index is 0.0703. The molecule has 4 aromatic rings. The lowest BCUT2D eigenvalue weighted by atomic mass is 10.2. The number of thiophene rings is 2. The maximum absolute atomic E-state index is 12.9. The van der Waals surface area contributed by atoms with Gasteiger partial charge in [0, 0.05) is 22.7 Å². The molecule has 0 saturated carbocycles. The largest absolute Gasteiger partial charge is 0.365 e. The fraction of sp³-hybridized carbons (Fsp3) is 0.286. The van der Waals surface area contributed by atoms with Crippen molar-refractivity contribution in [1.29, 1.82) is 0 Å². The Bertz CT molecular complexity index is 1110. The van der Waals surface area contributed by atoms with E-state index in [9.17, 15) is 4.79 Å². The molecule has 28 heavy (non-hydrogen) atoms. The Morgan fingerprint density at radius 3 is 2.68 bits per heavy atom. The normalized spacial score (nSPS) is 11.2. The molecule has 0 aliphatic heterocycles. The zero-order valence-electron chi connectivity index (χ0n) is 16.2. The third kappa shape index (κ3) is 3.36. The van der Waals surface area contributed by atoms with E-state index in [1.807, 2.05) is 25.7 Å². The highest BCUT2D eigenvalue weighted by Gasteiger charge is 2.22. The van der Waals surface area contributed by atoms with Gasteiger partial charge in [-0.2, -0.15) is 0 Å². The molecule has 144 valence electrons. The first-order valence-corrected chi connectivity index (χ1v) is 11.0. The van der Waals surface area contributed by atoms with Gasteiger partial charge in [0.15, 0.2) is 0 Å². The van der Waals surface area contributed by atoms with E-state index in [1.165, 1.54) is 26.3 Å². The molecule has 0 radical (unpaired) electrons. The van der Waals surface area contributed by atoms with E-state index in [4.69, 9.17) is 0 Å². The van der Waals surface area contributed by atoms with Crippen LogP contribution in [0.15, 0.2) is 36.7 Å². The lowest BCUT2D eigenvalue weighted by Gasteiger charge is -2.17. The second-order valence-corrected chi connectivity index (χ2v) is 8.71. The molecule has 4 rings (SSSR count). The van der Waals surface area contributed by atoms with Crippen LogP contribution in [0, 0.1) is 6.92 Å². The molecular formula is C21H22N4OS2. The van der Waals surface area contributed by atoms with Crippen molar-refractivity contribution in [1.82, 2.24) is 14.9 Å². The predicted octanol–water partition coefficient (Wildman–Crippen LogP) is 5.31. The molecule has 0 aliphatic rings. The Labute approximate surface area is 172 Å². The number of nitrogens with one attached hydrogen (secondary N) is 1. The molecular weight excluding hydrogens is 388 g/mol. The highest BCUT2D eigenvalue weighted by atomic mass is 32.1. The van der Waals surface area contributed by atoms with Gasteiger partial charge in [-0.15, -0.1) is 22.7 Å². The highest BCUT2D eigenvalue weighted by Crippen LogP contribution is 2.34. The topological polar surface area (TPSA) is 58.1 Å². The smallest absolute Gasteiger partial charge is 0.264 e. The van der Waals surface area contributed by atoms with Gasteiger partial charge >= 0.3 is 0 Å². The maximum atomic E-state index is 12.9. The van der Waals surface area contributed by atoms with Crippen LogP contribution in [0.2, 0.25) is 0 Å². The number of aryl methyl sites for hydroxylation is 1. The third-order valence-corrected chi connectivity index (χ3v) is 7.18. The van der Waals surface area contributed by atoms with E-state index in [0.717, 1.165) is 26.5 Å². The predicted molar refractivity (Wildman–Crippen MR) is 119 cm³/mol. The second kappa shape index (κ2) is 7.85. The summed E-state index contributed by atoms with van der Waals surface area (Å²) in [5, 5.41) is 5.66. The first-order chi connectivity index (χ1) is 13.6. The Kier molecular flexibility index (Phi) is 5.28. The molecule has 0 bridgehead atoms. The molecule has 0 spiro atoms. The van der Waals surface area contributed by atoms with Crippen molar-refractivity contribution >= 4 is 54.7 Å². The van der Waals surface area contributed by atoms with Crippen LogP contribution in [0.5, 0.6) is 0 Å². The minimum absolute atomic E-state index is 0.0703. The van der Waals surface area contributed by atoms with Crippen molar-refractivity contribution < 1.29 is 4.79 Å². The zero-order chi connectivity index (χ0) is 19.7. The number of carbonyl (C=O) groups is 1. The third-order valence-electron chi connectivity index (χ3n) is 4.88. The average molecular weight is 411 g/mol. The minimum Gasteiger partial charge on any atom is -0.365 e. The summed E-state index contributed by atoms with van der Waals surface area (Å²) in [5.74, 6) is 0.857. The van der Waals surface area contributed by atoms with Crippen LogP contribution in [-0.4, -0.2) is 33.9 Å². The van der Waals surface area contributed by atoms with Gasteiger partial charge in [0.1, 0.15) is 17.0 Å². The van der Waals surface area contributed by atoms with Gasteiger partial charge in [0.05, 0.1) is 16.8 Å². The van der Waals surface area contributed by atoms with Crippen LogP contribution in [0.1, 0.15) is 34.0 Å². The highest BCUT2D eigenvalue weighted by molar-refractivity contribution is 7.20. The Morgan fingerprint density at radius 2 is 1.93 bits per heavy atom. The Balaban J connectivity index is 1.64. The van der Waals surface area contributed by atoms with Crippen molar-refractivity contribution in [3.63, 3.8) is 0 Å². The number of nitrogens with zero attached hydrogens (tertiary/aromatic N) is 3. The quantitative estimate of drug-likeness (QED) is 0.468. The summed E-state index contributed by atoms with van der Waals surface area (Å²) in [5.41, 5.74) is 0.955. The van der Waals surface area contributed by atoms with Crippen molar-refractivity contribution in [3.8, 4) is 0 Å². The van der Waals surface area contributed by atoms with E-state index in [1.54, 1.807) is 17.7 Å². The van der Waals surface area contributed by atoms with E-state index < -0.39 is 0 Å². The van der Waals surface area contributed by atoms with Gasteiger partial charge in [-0.25, -0.2) is 9.97 Å². The number of carbonyl (C=O) groups excluding carboxylic acids is 1. The maximum Gasteiger partial charge on any atom is 0.264 e. The van der Waals surface area contributed by atoms with Gasteiger partial charge in [0.2, 0.25) is 0 Å². The Hall–Kier alpha value is -2.51. The van der Waals surface area contributed by atoms with Gasteiger partial charge < -0.3 is 10.2 Å². The van der Waals surface area contributed by atoms with Crippen molar-refractivity contribution in [2.24, 2.45) is 0 Å². The first-order valence-electron chi connectivity index (χ1n) is 9.37. The van der Waals surface area contributed by atoms with E-state index in [0.29, 0.717) is 19.6 Å². The zero-order valence-corrected chi connectivity index (χ0v) is 17.8. The monoisotopic (exact) mass is 410 g/mol. The second-order valence-electron chi connectivity index (χ2n) is 6.54. The van der Waals surface area contributed by atoms with Crippen LogP contribution >= 0.6 is 22.7 Å². The first kappa shape index (κ1) is 18.8. The van der Waals surface area contributed by atoms with Crippen LogP contribution in [0.3, 0.4) is 0 Å². The summed E-state index contributed by atoms with van der Waals surface area (Å²) < 4.78 is 1.28. The fourth-order valence-corrected chi connectivity index (χ4v) is 5.48. The van der Waals surface area contributed by atoms with Crippen molar-refractivity contribution in [2.45, 2.75) is 27.3 Å². The summed E-state index contributed by atoms with van der Waals surface area (Å²) in [6.45, 7) is 8.09. The van der Waals surface area contributed by atoms with Crippen molar-refractivity contribution in [2.75, 3.05) is 18.4 Å². The van der Waals surface area contributed by atoms with E-state index in [-0.39, 0.29) is 5.91 Å². The standard InChI is InChI=1S/C21H22N4OS2/c1-4-25(5-2)21(26)18-13(3)17-19(23-12-24-20(17)28-18)22-11-15-10-14-8-6-7-9-16(14)27-15/h6-10,12H,4-5,11H2,1-3H3,(H,22,23,24). The number of aromatic nitrogens is 2. The number of hydrogen-bond donors (Lipinski definition) is 1. The van der Waals surface area contributed by atoms with Gasteiger partial charge in [-0.1, -0.05) is 18.2 Å². The SMILES string of the molecule is CCN(CC)C(=O)c1sc2ncnc(NCc3cc4ccccc4s3)c2c1C. The lowest BCUT2D eigenvalue weighted by molar-refractivity contribution is 0.0777. The van der Waals surface area contributed by atoms with E-state index >= 15 is 0 Å². The number of benzene rings is 1. The summed E-state index contributed by atoms with van der Waals surface area (Å²) in [4.78, 5) is 26.4. The number of rotatable bonds is 6. The van der Waals surface area contributed by atoms with Crippen LogP contribution in [-0.2, 0) is 6.54 Å². The molecule has 7 heteroatoms. The summed E-state index contributed by atoms with van der Waals surface area (Å²) >= 11 is 3.23. The molecule has 1 amide bonds. The molecule has 5 nitrogen and oxygen atoms in total. The van der Waals surface area contributed by atoms with E-state index in [2.05, 4.69) is 45.6 Å². The molecule has 1 aromatic carbocycles. The van der Waals surface area contributed by atoms with Gasteiger partial charge in [-0.3, -0.25) is 4.79 Å². The number of anilines is 1. The average Bonchev–Trinajstić information content (AvgIpc) is 3.28. The fourth-order valence-electron chi connectivity index (χ4n) is 3.36. The molecule has 0 unspecified atom stereocenters. The van der Waals surface area contributed by atoms with Crippen LogP contribution in [0.4, 0.5) is 5.82 Å². The summed E-state index contributed by atoms with van der Waals surface area (Å²) in [7, 11) is 0. The number of hydrogen-bond acceptors (Lipinski definition) is 6. The number of fused-ring (bicyclic) bond motifs is 2. The van der Waals surface area contributed by atoms with Gasteiger partial charge in [0.25, 0.3) is 5.91 Å². The van der Waals surface area contributed by atoms with Crippen LogP contribution < -0.4 is 5.32 Å². The molecule has 0 aliphatic carbocycles. The Morgan fingerprint density at radius 1 is 1.14 bits per heavy atom. The molecule has 3 aromatic heterocycles. The molecule has 3 heterocycles. The molecule has 0 fully saturated rings. The molecule has 1 N–H and O–H groups in total. The lowest BCUT2D eigenvalue weighted by Crippen LogP contribution is -2.30. The summed E-state index contributed by atoms with van der Waals surface area (Å²) in [6, 6.07) is 10.6.